The van der Waals surface area contributed by atoms with Gasteiger partial charge in [0.15, 0.2) is 0 Å². The zero-order valence-electron chi connectivity index (χ0n) is 18.1. The van der Waals surface area contributed by atoms with E-state index in [4.69, 9.17) is 16.7 Å². The smallest absolute Gasteiger partial charge is 0.242 e. The van der Waals surface area contributed by atoms with Crippen molar-refractivity contribution in [2.24, 2.45) is 0 Å². The summed E-state index contributed by atoms with van der Waals surface area (Å²) in [5.41, 5.74) is 3.29. The van der Waals surface area contributed by atoms with Gasteiger partial charge in [0.25, 0.3) is 0 Å². The van der Waals surface area contributed by atoms with Crippen molar-refractivity contribution in [3.63, 3.8) is 0 Å². The van der Waals surface area contributed by atoms with Gasteiger partial charge in [-0.25, -0.2) is 4.68 Å². The zero-order valence-corrected chi connectivity index (χ0v) is 18.8. The predicted octanol–water partition coefficient (Wildman–Crippen LogP) is 4.06. The highest BCUT2D eigenvalue weighted by molar-refractivity contribution is 6.30. The lowest BCUT2D eigenvalue weighted by molar-refractivity contribution is -0.138. The molecule has 0 aliphatic heterocycles. The molecule has 31 heavy (non-hydrogen) atoms. The number of rotatable bonds is 8. The van der Waals surface area contributed by atoms with Crippen LogP contribution in [0.4, 0.5) is 0 Å². The fourth-order valence-corrected chi connectivity index (χ4v) is 3.49. The number of aromatic nitrogens is 2. The number of hydrogen-bond acceptors (Lipinski definition) is 3. The van der Waals surface area contributed by atoms with Gasteiger partial charge < -0.3 is 9.80 Å². The summed E-state index contributed by atoms with van der Waals surface area (Å²) in [6.45, 7) is 5.17. The summed E-state index contributed by atoms with van der Waals surface area (Å²) in [4.78, 5) is 28.5. The van der Waals surface area contributed by atoms with Crippen LogP contribution in [0.15, 0.2) is 60.8 Å². The van der Waals surface area contributed by atoms with E-state index in [2.05, 4.69) is 0 Å². The second kappa shape index (κ2) is 10.3. The van der Waals surface area contributed by atoms with Gasteiger partial charge in [-0.05, 0) is 38.1 Å². The van der Waals surface area contributed by atoms with Gasteiger partial charge in [-0.1, -0.05) is 41.9 Å². The van der Waals surface area contributed by atoms with Crippen molar-refractivity contribution in [1.29, 1.82) is 0 Å². The summed E-state index contributed by atoms with van der Waals surface area (Å²) < 4.78 is 1.77. The zero-order chi connectivity index (χ0) is 22.4. The van der Waals surface area contributed by atoms with Crippen LogP contribution in [0.2, 0.25) is 5.02 Å². The summed E-state index contributed by atoms with van der Waals surface area (Å²) in [7, 11) is 1.66. The summed E-state index contributed by atoms with van der Waals surface area (Å²) in [6.07, 6.45) is 2.02. The minimum atomic E-state index is -0.136. The summed E-state index contributed by atoms with van der Waals surface area (Å²) >= 11 is 6.04. The van der Waals surface area contributed by atoms with Crippen LogP contribution in [0.5, 0.6) is 0 Å². The third-order valence-corrected chi connectivity index (χ3v) is 5.44. The first-order valence-corrected chi connectivity index (χ1v) is 10.7. The molecule has 0 fully saturated rings. The van der Waals surface area contributed by atoms with E-state index in [1.165, 1.54) is 4.90 Å². The van der Waals surface area contributed by atoms with E-state index in [1.54, 1.807) is 28.8 Å². The monoisotopic (exact) mass is 438 g/mol. The summed E-state index contributed by atoms with van der Waals surface area (Å²) in [5, 5.41) is 5.37. The van der Waals surface area contributed by atoms with Gasteiger partial charge in [-0.3, -0.25) is 9.59 Å². The van der Waals surface area contributed by atoms with E-state index in [0.29, 0.717) is 18.1 Å². The Morgan fingerprint density at radius 1 is 0.968 bits per heavy atom. The van der Waals surface area contributed by atoms with E-state index in [0.717, 1.165) is 22.5 Å². The number of benzene rings is 2. The molecular weight excluding hydrogens is 412 g/mol. The van der Waals surface area contributed by atoms with E-state index in [-0.39, 0.29) is 24.8 Å². The van der Waals surface area contributed by atoms with E-state index >= 15 is 0 Å². The third kappa shape index (κ3) is 5.52. The predicted molar refractivity (Wildman–Crippen MR) is 123 cm³/mol. The molecule has 162 valence electrons. The molecule has 3 rings (SSSR count). The maximum atomic E-state index is 12.9. The summed E-state index contributed by atoms with van der Waals surface area (Å²) in [6, 6.07) is 17.1. The largest absolute Gasteiger partial charge is 0.342 e. The molecule has 0 aliphatic rings. The molecule has 2 aromatic carbocycles. The normalized spacial score (nSPS) is 10.7. The van der Waals surface area contributed by atoms with Crippen molar-refractivity contribution in [1.82, 2.24) is 19.6 Å². The maximum absolute atomic E-state index is 12.9. The molecule has 0 bridgehead atoms. The SMILES string of the molecule is CCN(CC)C(=O)CN(C)C(=O)Cc1cn(-c2ccccc2)nc1-c1ccc(Cl)cc1. The van der Waals surface area contributed by atoms with Crippen molar-refractivity contribution >= 4 is 23.4 Å². The number of carbonyl (C=O) groups excluding carboxylic acids is 2. The van der Waals surface area contributed by atoms with E-state index in [9.17, 15) is 9.59 Å². The minimum Gasteiger partial charge on any atom is -0.342 e. The Labute approximate surface area is 188 Å². The van der Waals surface area contributed by atoms with Crippen molar-refractivity contribution in [2.45, 2.75) is 20.3 Å². The molecule has 2 amide bonds. The number of amides is 2. The van der Waals surface area contributed by atoms with Crippen molar-refractivity contribution in [2.75, 3.05) is 26.7 Å². The van der Waals surface area contributed by atoms with Crippen LogP contribution >= 0.6 is 11.6 Å². The molecule has 0 aliphatic carbocycles. The van der Waals surface area contributed by atoms with Crippen molar-refractivity contribution in [3.8, 4) is 16.9 Å². The second-order valence-corrected chi connectivity index (χ2v) is 7.72. The van der Waals surface area contributed by atoms with Crippen molar-refractivity contribution in [3.05, 3.63) is 71.4 Å². The second-order valence-electron chi connectivity index (χ2n) is 7.28. The van der Waals surface area contributed by atoms with Crippen molar-refractivity contribution < 1.29 is 9.59 Å². The number of carbonyl (C=O) groups is 2. The molecule has 6 nitrogen and oxygen atoms in total. The van der Waals surface area contributed by atoms with Crippen LogP contribution in [0.3, 0.4) is 0 Å². The number of hydrogen-bond donors (Lipinski definition) is 0. The first kappa shape index (κ1) is 22.6. The molecule has 0 N–H and O–H groups in total. The molecule has 0 spiro atoms. The fourth-order valence-electron chi connectivity index (χ4n) is 3.37. The Bertz CT molecular complexity index is 1030. The maximum Gasteiger partial charge on any atom is 0.242 e. The molecule has 1 aromatic heterocycles. The van der Waals surface area contributed by atoms with Crippen LogP contribution in [-0.4, -0.2) is 58.1 Å². The Kier molecular flexibility index (Phi) is 7.47. The lowest BCUT2D eigenvalue weighted by atomic mass is 10.1. The molecule has 0 unspecified atom stereocenters. The van der Waals surface area contributed by atoms with Crippen LogP contribution in [0.1, 0.15) is 19.4 Å². The Balaban J connectivity index is 1.86. The first-order valence-electron chi connectivity index (χ1n) is 10.3. The number of halogens is 1. The van der Waals surface area contributed by atoms with Gasteiger partial charge >= 0.3 is 0 Å². The quantitative estimate of drug-likeness (QED) is 0.532. The highest BCUT2D eigenvalue weighted by Gasteiger charge is 2.20. The van der Waals surface area contributed by atoms with Gasteiger partial charge in [0, 0.05) is 42.5 Å². The molecule has 0 saturated heterocycles. The number of para-hydroxylation sites is 1. The Morgan fingerprint density at radius 2 is 1.61 bits per heavy atom. The number of likely N-dealkylation sites (N-methyl/N-ethyl adjacent to an activating group) is 2. The van der Waals surface area contributed by atoms with Crippen LogP contribution < -0.4 is 0 Å². The van der Waals surface area contributed by atoms with Gasteiger partial charge in [0.1, 0.15) is 0 Å². The topological polar surface area (TPSA) is 58.4 Å². The highest BCUT2D eigenvalue weighted by Crippen LogP contribution is 2.26. The summed E-state index contributed by atoms with van der Waals surface area (Å²) in [5.74, 6) is -0.193. The molecule has 1 heterocycles. The van der Waals surface area contributed by atoms with Crippen LogP contribution in [0.25, 0.3) is 16.9 Å². The van der Waals surface area contributed by atoms with Crippen LogP contribution in [-0.2, 0) is 16.0 Å². The van der Waals surface area contributed by atoms with E-state index < -0.39 is 0 Å². The molecule has 7 heteroatoms. The highest BCUT2D eigenvalue weighted by atomic mass is 35.5. The average molecular weight is 439 g/mol. The molecule has 0 saturated carbocycles. The molecule has 0 atom stereocenters. The Hall–Kier alpha value is -3.12. The average Bonchev–Trinajstić information content (AvgIpc) is 3.19. The lowest BCUT2D eigenvalue weighted by Crippen LogP contribution is -2.41. The van der Waals surface area contributed by atoms with Gasteiger partial charge in [0.2, 0.25) is 11.8 Å². The lowest BCUT2D eigenvalue weighted by Gasteiger charge is -2.23. The van der Waals surface area contributed by atoms with Gasteiger partial charge in [-0.2, -0.15) is 5.10 Å². The molecule has 0 radical (unpaired) electrons. The minimum absolute atomic E-state index is 0.0567. The first-order chi connectivity index (χ1) is 14.9. The fraction of sp³-hybridized carbons (Fsp3) is 0.292. The van der Waals surface area contributed by atoms with Gasteiger partial charge in [0.05, 0.1) is 24.3 Å². The molecule has 3 aromatic rings. The standard InChI is InChI=1S/C24H27ClN4O2/c1-4-28(5-2)23(31)17-27(3)22(30)15-19-16-29(21-9-7-6-8-10-21)26-24(19)18-11-13-20(25)14-12-18/h6-14,16H,4-5,15,17H2,1-3H3. The van der Waals surface area contributed by atoms with E-state index in [1.807, 2.05) is 62.5 Å². The van der Waals surface area contributed by atoms with Crippen LogP contribution in [0, 0.1) is 0 Å². The Morgan fingerprint density at radius 3 is 2.23 bits per heavy atom. The number of nitrogens with zero attached hydrogens (tertiary/aromatic N) is 4. The molecular formula is C24H27ClN4O2. The van der Waals surface area contributed by atoms with Gasteiger partial charge in [-0.15, -0.1) is 0 Å². The third-order valence-electron chi connectivity index (χ3n) is 5.18.